The monoisotopic (exact) mass is 248 g/mol. The second-order valence-corrected chi connectivity index (χ2v) is 4.07. The number of aromatic hydroxyl groups is 3. The zero-order valence-electron chi connectivity index (χ0n) is 9.60. The molecule has 2 aromatic rings. The molecule has 0 radical (unpaired) electrons. The van der Waals surface area contributed by atoms with Crippen molar-refractivity contribution in [3.63, 3.8) is 0 Å². The van der Waals surface area contributed by atoms with Crippen LogP contribution in [0.2, 0.25) is 0 Å². The Morgan fingerprint density at radius 2 is 1.67 bits per heavy atom. The Labute approximate surface area is 104 Å². The standard InChI is InChI=1S/C14H13FO3/c15-11-3-1-2-9(8-11)4-5-10-6-7-12(16)14(18)13(10)17/h1-3,6-8,16-18H,4-5H2. The van der Waals surface area contributed by atoms with Crippen LogP contribution in [0.4, 0.5) is 4.39 Å². The molecule has 0 aliphatic heterocycles. The van der Waals surface area contributed by atoms with E-state index in [1.165, 1.54) is 24.3 Å². The summed E-state index contributed by atoms with van der Waals surface area (Å²) in [6.07, 6.45) is 0.985. The van der Waals surface area contributed by atoms with Crippen LogP contribution in [0.3, 0.4) is 0 Å². The minimum absolute atomic E-state index is 0.301. The van der Waals surface area contributed by atoms with Gasteiger partial charge in [-0.2, -0.15) is 0 Å². The van der Waals surface area contributed by atoms with Crippen molar-refractivity contribution in [2.45, 2.75) is 12.8 Å². The maximum absolute atomic E-state index is 13.0. The van der Waals surface area contributed by atoms with Crippen molar-refractivity contribution in [1.82, 2.24) is 0 Å². The van der Waals surface area contributed by atoms with E-state index in [4.69, 9.17) is 0 Å². The number of benzene rings is 2. The van der Waals surface area contributed by atoms with Crippen LogP contribution in [0.1, 0.15) is 11.1 Å². The molecule has 2 aromatic carbocycles. The summed E-state index contributed by atoms with van der Waals surface area (Å²) in [6, 6.07) is 9.06. The van der Waals surface area contributed by atoms with E-state index < -0.39 is 5.75 Å². The minimum atomic E-state index is -0.522. The van der Waals surface area contributed by atoms with Crippen LogP contribution >= 0.6 is 0 Å². The molecule has 0 amide bonds. The Morgan fingerprint density at radius 1 is 0.889 bits per heavy atom. The quantitative estimate of drug-likeness (QED) is 0.732. The van der Waals surface area contributed by atoms with Crippen LogP contribution in [0.15, 0.2) is 36.4 Å². The van der Waals surface area contributed by atoms with Gasteiger partial charge in [0.25, 0.3) is 0 Å². The molecule has 0 spiro atoms. The van der Waals surface area contributed by atoms with E-state index in [0.29, 0.717) is 18.4 Å². The average molecular weight is 248 g/mol. The molecule has 2 rings (SSSR count). The number of phenolic OH excluding ortho intramolecular Hbond substituents is 3. The molecule has 4 heteroatoms. The molecule has 0 saturated heterocycles. The van der Waals surface area contributed by atoms with Crippen LogP contribution in [0.25, 0.3) is 0 Å². The van der Waals surface area contributed by atoms with E-state index in [-0.39, 0.29) is 17.3 Å². The number of aryl methyl sites for hydroxylation is 2. The highest BCUT2D eigenvalue weighted by Gasteiger charge is 2.10. The van der Waals surface area contributed by atoms with E-state index in [9.17, 15) is 19.7 Å². The molecule has 0 fully saturated rings. The highest BCUT2D eigenvalue weighted by Crippen LogP contribution is 2.37. The molecule has 0 aliphatic carbocycles. The summed E-state index contributed by atoms with van der Waals surface area (Å²) >= 11 is 0. The fourth-order valence-corrected chi connectivity index (χ4v) is 1.78. The largest absolute Gasteiger partial charge is 0.504 e. The summed E-state index contributed by atoms with van der Waals surface area (Å²) in [7, 11) is 0. The summed E-state index contributed by atoms with van der Waals surface area (Å²) in [5.41, 5.74) is 1.32. The van der Waals surface area contributed by atoms with Crippen LogP contribution in [-0.4, -0.2) is 15.3 Å². The van der Waals surface area contributed by atoms with Crippen molar-refractivity contribution >= 4 is 0 Å². The van der Waals surface area contributed by atoms with Crippen LogP contribution in [0, 0.1) is 5.82 Å². The highest BCUT2D eigenvalue weighted by molar-refractivity contribution is 5.53. The van der Waals surface area contributed by atoms with Crippen molar-refractivity contribution in [3.8, 4) is 17.2 Å². The van der Waals surface area contributed by atoms with E-state index in [0.717, 1.165) is 5.56 Å². The van der Waals surface area contributed by atoms with Gasteiger partial charge in [-0.1, -0.05) is 18.2 Å². The first-order chi connectivity index (χ1) is 8.58. The van der Waals surface area contributed by atoms with Crippen molar-refractivity contribution in [2.24, 2.45) is 0 Å². The summed E-state index contributed by atoms with van der Waals surface area (Å²) in [6.45, 7) is 0. The Morgan fingerprint density at radius 3 is 2.39 bits per heavy atom. The molecule has 0 bridgehead atoms. The molecular formula is C14H13FO3. The lowest BCUT2D eigenvalue weighted by molar-refractivity contribution is 0.365. The topological polar surface area (TPSA) is 60.7 Å². The van der Waals surface area contributed by atoms with E-state index in [1.807, 2.05) is 0 Å². The molecular weight excluding hydrogens is 235 g/mol. The molecule has 3 nitrogen and oxygen atoms in total. The lowest BCUT2D eigenvalue weighted by Crippen LogP contribution is -1.93. The SMILES string of the molecule is Oc1ccc(CCc2cccc(F)c2)c(O)c1O. The predicted molar refractivity (Wildman–Crippen MR) is 65.2 cm³/mol. The third-order valence-electron chi connectivity index (χ3n) is 2.79. The number of rotatable bonds is 3. The lowest BCUT2D eigenvalue weighted by Gasteiger charge is -2.07. The second kappa shape index (κ2) is 4.96. The molecule has 0 aliphatic rings. The Hall–Kier alpha value is -2.23. The van der Waals surface area contributed by atoms with Gasteiger partial charge in [-0.15, -0.1) is 0 Å². The molecule has 3 N–H and O–H groups in total. The number of halogens is 1. The van der Waals surface area contributed by atoms with E-state index >= 15 is 0 Å². The smallest absolute Gasteiger partial charge is 0.200 e. The fourth-order valence-electron chi connectivity index (χ4n) is 1.78. The van der Waals surface area contributed by atoms with Crippen molar-refractivity contribution < 1.29 is 19.7 Å². The number of hydrogen-bond acceptors (Lipinski definition) is 3. The second-order valence-electron chi connectivity index (χ2n) is 4.07. The van der Waals surface area contributed by atoms with Gasteiger partial charge in [0.05, 0.1) is 0 Å². The van der Waals surface area contributed by atoms with Crippen LogP contribution in [-0.2, 0) is 12.8 Å². The summed E-state index contributed by atoms with van der Waals surface area (Å²) in [5, 5.41) is 28.2. The third-order valence-corrected chi connectivity index (χ3v) is 2.79. The van der Waals surface area contributed by atoms with Crippen molar-refractivity contribution in [1.29, 1.82) is 0 Å². The van der Waals surface area contributed by atoms with E-state index in [1.54, 1.807) is 12.1 Å². The maximum atomic E-state index is 13.0. The Balaban J connectivity index is 2.14. The molecule has 0 heterocycles. The third kappa shape index (κ3) is 2.53. The van der Waals surface area contributed by atoms with Gasteiger partial charge in [-0.3, -0.25) is 0 Å². The Bertz CT molecular complexity index is 567. The van der Waals surface area contributed by atoms with E-state index in [2.05, 4.69) is 0 Å². The molecule has 0 saturated carbocycles. The molecule has 0 unspecified atom stereocenters. The summed E-state index contributed by atoms with van der Waals surface area (Å²) < 4.78 is 13.0. The fraction of sp³-hybridized carbons (Fsp3) is 0.143. The van der Waals surface area contributed by atoms with Gasteiger partial charge in [0.1, 0.15) is 5.82 Å². The average Bonchev–Trinajstić information content (AvgIpc) is 2.35. The predicted octanol–water partition coefficient (Wildman–Crippen LogP) is 2.73. The van der Waals surface area contributed by atoms with Gasteiger partial charge in [0, 0.05) is 0 Å². The van der Waals surface area contributed by atoms with Gasteiger partial charge < -0.3 is 15.3 Å². The van der Waals surface area contributed by atoms with Crippen LogP contribution < -0.4 is 0 Å². The van der Waals surface area contributed by atoms with Gasteiger partial charge in [-0.25, -0.2) is 4.39 Å². The number of hydrogen-bond donors (Lipinski definition) is 3. The minimum Gasteiger partial charge on any atom is -0.504 e. The van der Waals surface area contributed by atoms with Gasteiger partial charge in [0.15, 0.2) is 11.5 Å². The van der Waals surface area contributed by atoms with Gasteiger partial charge >= 0.3 is 0 Å². The van der Waals surface area contributed by atoms with Gasteiger partial charge in [-0.05, 0) is 42.2 Å². The summed E-state index contributed by atoms with van der Waals surface area (Å²) in [4.78, 5) is 0. The molecule has 0 aromatic heterocycles. The zero-order chi connectivity index (χ0) is 13.1. The van der Waals surface area contributed by atoms with Crippen LogP contribution in [0.5, 0.6) is 17.2 Å². The lowest BCUT2D eigenvalue weighted by atomic mass is 10.0. The van der Waals surface area contributed by atoms with Crippen molar-refractivity contribution in [3.05, 3.63) is 53.3 Å². The van der Waals surface area contributed by atoms with Crippen molar-refractivity contribution in [2.75, 3.05) is 0 Å². The first kappa shape index (κ1) is 12.2. The highest BCUT2D eigenvalue weighted by atomic mass is 19.1. The van der Waals surface area contributed by atoms with Gasteiger partial charge in [0.2, 0.25) is 5.75 Å². The summed E-state index contributed by atoms with van der Waals surface area (Å²) in [5.74, 6) is -1.51. The Kier molecular flexibility index (Phi) is 3.37. The molecule has 18 heavy (non-hydrogen) atoms. The molecule has 0 atom stereocenters. The molecule has 94 valence electrons. The first-order valence-corrected chi connectivity index (χ1v) is 5.55. The normalized spacial score (nSPS) is 10.5. The number of phenols is 3. The first-order valence-electron chi connectivity index (χ1n) is 5.55. The maximum Gasteiger partial charge on any atom is 0.200 e. The zero-order valence-corrected chi connectivity index (χ0v) is 9.60.